The molecule has 16 heavy (non-hydrogen) atoms. The van der Waals surface area contributed by atoms with Crippen LogP contribution in [0.5, 0.6) is 5.75 Å². The third-order valence-electron chi connectivity index (χ3n) is 1.75. The normalized spacial score (nSPS) is 9.62. The van der Waals surface area contributed by atoms with Crippen LogP contribution in [-0.2, 0) is 11.3 Å². The number of carbonyl (C=O) groups is 1. The van der Waals surface area contributed by atoms with Crippen LogP contribution in [0, 0.1) is 0 Å². The van der Waals surface area contributed by atoms with E-state index in [0.29, 0.717) is 5.75 Å². The van der Waals surface area contributed by atoms with E-state index in [-0.39, 0.29) is 13.2 Å². The van der Waals surface area contributed by atoms with E-state index in [1.807, 2.05) is 0 Å². The lowest BCUT2D eigenvalue weighted by Crippen LogP contribution is -2.24. The van der Waals surface area contributed by atoms with Gasteiger partial charge in [0.15, 0.2) is 0 Å². The second kappa shape index (κ2) is 6.60. The van der Waals surface area contributed by atoms with Crippen LogP contribution >= 0.6 is 0 Å². The summed E-state index contributed by atoms with van der Waals surface area (Å²) in [5.41, 5.74) is 0.775. The van der Waals surface area contributed by atoms with Gasteiger partial charge >= 0.3 is 6.09 Å². The van der Waals surface area contributed by atoms with Crippen LogP contribution in [0.1, 0.15) is 5.56 Å². The third kappa shape index (κ3) is 4.12. The molecular weight excluding hydrogens is 215 g/mol. The Hall–Kier alpha value is -1.85. The van der Waals surface area contributed by atoms with Crippen molar-refractivity contribution in [3.63, 3.8) is 0 Å². The summed E-state index contributed by atoms with van der Waals surface area (Å²) in [4.78, 5) is 14.9. The number of halogens is 1. The number of aromatic nitrogens is 1. The number of hydrogen-bond acceptors (Lipinski definition) is 4. The molecule has 5 nitrogen and oxygen atoms in total. The summed E-state index contributed by atoms with van der Waals surface area (Å²) >= 11 is 0. The number of rotatable bonds is 5. The van der Waals surface area contributed by atoms with Crippen molar-refractivity contribution in [2.75, 3.05) is 20.4 Å². The Labute approximate surface area is 92.6 Å². The first-order valence-corrected chi connectivity index (χ1v) is 4.70. The number of methoxy groups -OCH3 is 1. The average molecular weight is 228 g/mol. The second-order valence-electron chi connectivity index (χ2n) is 2.91. The summed E-state index contributed by atoms with van der Waals surface area (Å²) in [6.07, 6.45) is 2.50. The van der Waals surface area contributed by atoms with Crippen LogP contribution in [0.3, 0.4) is 0 Å². The topological polar surface area (TPSA) is 60.5 Å². The van der Waals surface area contributed by atoms with E-state index in [9.17, 15) is 9.18 Å². The van der Waals surface area contributed by atoms with E-state index in [2.05, 4.69) is 15.0 Å². The zero-order valence-corrected chi connectivity index (χ0v) is 8.90. The zero-order valence-electron chi connectivity index (χ0n) is 8.90. The molecule has 1 heterocycles. The fraction of sp³-hybridized carbons (Fsp3) is 0.400. The molecule has 1 rings (SSSR count). The Morgan fingerprint density at radius 3 is 3.06 bits per heavy atom. The average Bonchev–Trinajstić information content (AvgIpc) is 2.34. The predicted molar refractivity (Wildman–Crippen MR) is 55.0 cm³/mol. The number of carbonyl (C=O) groups excluding carboxylic acids is 1. The van der Waals surface area contributed by atoms with Gasteiger partial charge in [0.1, 0.15) is 19.0 Å². The molecule has 0 saturated heterocycles. The van der Waals surface area contributed by atoms with E-state index >= 15 is 0 Å². The summed E-state index contributed by atoms with van der Waals surface area (Å²) in [7, 11) is 1.53. The van der Waals surface area contributed by atoms with Crippen molar-refractivity contribution in [1.82, 2.24) is 10.3 Å². The van der Waals surface area contributed by atoms with Crippen LogP contribution < -0.4 is 10.1 Å². The van der Waals surface area contributed by atoms with Gasteiger partial charge in [0.25, 0.3) is 0 Å². The third-order valence-corrected chi connectivity index (χ3v) is 1.75. The largest absolute Gasteiger partial charge is 0.495 e. The number of alkyl halides is 1. The summed E-state index contributed by atoms with van der Waals surface area (Å²) < 4.78 is 21.1. The van der Waals surface area contributed by atoms with Gasteiger partial charge in [-0.25, -0.2) is 9.18 Å². The number of pyridine rings is 1. The lowest BCUT2D eigenvalue weighted by Gasteiger charge is -2.06. The minimum atomic E-state index is -0.686. The molecule has 0 fully saturated rings. The molecule has 0 aliphatic rings. The van der Waals surface area contributed by atoms with Gasteiger partial charge < -0.3 is 14.8 Å². The van der Waals surface area contributed by atoms with Gasteiger partial charge in [-0.15, -0.1) is 0 Å². The van der Waals surface area contributed by atoms with Crippen LogP contribution in [-0.4, -0.2) is 31.5 Å². The number of hydrogen-bond donors (Lipinski definition) is 1. The molecular formula is C10H13FN2O3. The highest BCUT2D eigenvalue weighted by atomic mass is 19.1. The summed E-state index contributed by atoms with van der Waals surface area (Å²) in [6, 6.07) is 1.74. The molecule has 0 aromatic carbocycles. The molecule has 0 saturated carbocycles. The Bertz CT molecular complexity index is 347. The Morgan fingerprint density at radius 1 is 1.56 bits per heavy atom. The molecule has 0 radical (unpaired) electrons. The number of nitrogens with zero attached hydrogens (tertiary/aromatic N) is 1. The van der Waals surface area contributed by atoms with Crippen LogP contribution in [0.15, 0.2) is 18.5 Å². The molecule has 0 unspecified atom stereocenters. The van der Waals surface area contributed by atoms with E-state index in [0.717, 1.165) is 5.56 Å². The molecule has 1 N–H and O–H groups in total. The Balaban J connectivity index is 2.38. The standard InChI is InChI=1S/C10H13FN2O3/c1-15-9-4-8(5-12-7-9)6-13-10(14)16-3-2-11/h4-5,7H,2-3,6H2,1H3,(H,13,14). The fourth-order valence-corrected chi connectivity index (χ4v) is 1.03. The van der Waals surface area contributed by atoms with E-state index in [1.54, 1.807) is 18.5 Å². The first kappa shape index (κ1) is 12.2. The van der Waals surface area contributed by atoms with Gasteiger partial charge in [0, 0.05) is 12.7 Å². The van der Waals surface area contributed by atoms with E-state index in [4.69, 9.17) is 4.74 Å². The molecule has 0 aliphatic heterocycles. The lowest BCUT2D eigenvalue weighted by atomic mass is 10.3. The molecule has 1 aromatic rings. The molecule has 1 aromatic heterocycles. The van der Waals surface area contributed by atoms with Crippen molar-refractivity contribution >= 4 is 6.09 Å². The van der Waals surface area contributed by atoms with Gasteiger partial charge in [-0.1, -0.05) is 0 Å². The van der Waals surface area contributed by atoms with Gasteiger partial charge in [0.2, 0.25) is 0 Å². The molecule has 0 bridgehead atoms. The molecule has 1 amide bonds. The maximum absolute atomic E-state index is 11.7. The minimum Gasteiger partial charge on any atom is -0.495 e. The smallest absolute Gasteiger partial charge is 0.407 e. The van der Waals surface area contributed by atoms with Crippen LogP contribution in [0.2, 0.25) is 0 Å². The first-order chi connectivity index (χ1) is 7.76. The van der Waals surface area contributed by atoms with E-state index in [1.165, 1.54) is 7.11 Å². The zero-order chi connectivity index (χ0) is 11.8. The van der Waals surface area contributed by atoms with E-state index < -0.39 is 12.8 Å². The summed E-state index contributed by atoms with van der Waals surface area (Å²) in [5, 5.41) is 2.46. The summed E-state index contributed by atoms with van der Waals surface area (Å²) in [6.45, 7) is -0.661. The highest BCUT2D eigenvalue weighted by Crippen LogP contribution is 2.09. The monoisotopic (exact) mass is 228 g/mol. The maximum Gasteiger partial charge on any atom is 0.407 e. The number of amides is 1. The maximum atomic E-state index is 11.7. The predicted octanol–water partition coefficient (Wildman–Crippen LogP) is 1.29. The fourth-order valence-electron chi connectivity index (χ4n) is 1.03. The number of alkyl carbamates (subject to hydrolysis) is 1. The SMILES string of the molecule is COc1cncc(CNC(=O)OCCF)c1. The lowest BCUT2D eigenvalue weighted by molar-refractivity contribution is 0.137. The van der Waals surface area contributed by atoms with Crippen LogP contribution in [0.4, 0.5) is 9.18 Å². The van der Waals surface area contributed by atoms with Crippen molar-refractivity contribution in [3.8, 4) is 5.75 Å². The molecule has 0 atom stereocenters. The van der Waals surface area contributed by atoms with Crippen LogP contribution in [0.25, 0.3) is 0 Å². The van der Waals surface area contributed by atoms with Crippen molar-refractivity contribution in [3.05, 3.63) is 24.0 Å². The molecule has 6 heteroatoms. The number of ether oxygens (including phenoxy) is 2. The Kier molecular flexibility index (Phi) is 5.04. The van der Waals surface area contributed by atoms with Gasteiger partial charge in [-0.05, 0) is 11.6 Å². The first-order valence-electron chi connectivity index (χ1n) is 4.70. The number of nitrogens with one attached hydrogen (secondary N) is 1. The minimum absolute atomic E-state index is 0.234. The van der Waals surface area contributed by atoms with Gasteiger partial charge in [-0.3, -0.25) is 4.98 Å². The molecule has 88 valence electrons. The van der Waals surface area contributed by atoms with Crippen molar-refractivity contribution < 1.29 is 18.7 Å². The highest BCUT2D eigenvalue weighted by Gasteiger charge is 2.02. The van der Waals surface area contributed by atoms with Crippen molar-refractivity contribution in [2.24, 2.45) is 0 Å². The van der Waals surface area contributed by atoms with Crippen molar-refractivity contribution in [1.29, 1.82) is 0 Å². The van der Waals surface area contributed by atoms with Crippen molar-refractivity contribution in [2.45, 2.75) is 6.54 Å². The molecule has 0 aliphatic carbocycles. The highest BCUT2D eigenvalue weighted by molar-refractivity contribution is 5.67. The molecule has 0 spiro atoms. The van der Waals surface area contributed by atoms with Gasteiger partial charge in [-0.2, -0.15) is 0 Å². The van der Waals surface area contributed by atoms with Gasteiger partial charge in [0.05, 0.1) is 13.3 Å². The summed E-state index contributed by atoms with van der Waals surface area (Å²) in [5.74, 6) is 0.608. The Morgan fingerprint density at radius 2 is 2.38 bits per heavy atom. The quantitative estimate of drug-likeness (QED) is 0.824. The second-order valence-corrected chi connectivity index (χ2v) is 2.91.